The molecule has 0 saturated heterocycles. The van der Waals surface area contributed by atoms with Crippen molar-refractivity contribution in [1.82, 2.24) is 14.8 Å². The van der Waals surface area contributed by atoms with Crippen LogP contribution >= 0.6 is 11.6 Å². The number of halogens is 1. The molecule has 7 heteroatoms. The first-order valence-corrected chi connectivity index (χ1v) is 6.05. The normalized spacial score (nSPS) is 10.5. The van der Waals surface area contributed by atoms with E-state index in [1.807, 2.05) is 6.92 Å². The van der Waals surface area contributed by atoms with Crippen LogP contribution in [-0.4, -0.2) is 20.7 Å². The Morgan fingerprint density at radius 2 is 2.26 bits per heavy atom. The molecule has 0 spiro atoms. The molecule has 2 aromatic heterocycles. The van der Waals surface area contributed by atoms with E-state index in [1.54, 1.807) is 23.9 Å². The van der Waals surface area contributed by atoms with E-state index in [9.17, 15) is 4.79 Å². The molecule has 6 nitrogen and oxygen atoms in total. The van der Waals surface area contributed by atoms with Gasteiger partial charge in [0, 0.05) is 6.20 Å². The molecule has 0 fully saturated rings. The van der Waals surface area contributed by atoms with Crippen LogP contribution in [0.5, 0.6) is 0 Å². The quantitative estimate of drug-likeness (QED) is 0.896. The summed E-state index contributed by atoms with van der Waals surface area (Å²) >= 11 is 5.93. The summed E-state index contributed by atoms with van der Waals surface area (Å²) in [5.74, 6) is -0.236. The summed E-state index contributed by atoms with van der Waals surface area (Å²) in [4.78, 5) is 15.8. The minimum absolute atomic E-state index is 0.0785. The zero-order valence-electron chi connectivity index (χ0n) is 10.6. The van der Waals surface area contributed by atoms with Crippen molar-refractivity contribution in [3.63, 3.8) is 0 Å². The van der Waals surface area contributed by atoms with Gasteiger partial charge in [-0.2, -0.15) is 5.10 Å². The highest BCUT2D eigenvalue weighted by atomic mass is 35.5. The largest absolute Gasteiger partial charge is 0.396 e. The van der Waals surface area contributed by atoms with E-state index in [1.165, 1.54) is 6.20 Å². The number of nitrogens with zero attached hydrogens (tertiary/aromatic N) is 3. The maximum atomic E-state index is 11.9. The maximum Gasteiger partial charge on any atom is 0.246 e. The molecule has 100 valence electrons. The summed E-state index contributed by atoms with van der Waals surface area (Å²) in [6.07, 6.45) is 3.05. The van der Waals surface area contributed by atoms with E-state index in [2.05, 4.69) is 15.4 Å². The number of carbonyl (C=O) groups excluding carboxylic acids is 1. The van der Waals surface area contributed by atoms with E-state index in [-0.39, 0.29) is 12.5 Å². The highest BCUT2D eigenvalue weighted by Crippen LogP contribution is 2.19. The van der Waals surface area contributed by atoms with Gasteiger partial charge in [-0.25, -0.2) is 0 Å². The Morgan fingerprint density at radius 3 is 2.84 bits per heavy atom. The van der Waals surface area contributed by atoms with Gasteiger partial charge >= 0.3 is 0 Å². The van der Waals surface area contributed by atoms with Gasteiger partial charge in [0.25, 0.3) is 0 Å². The molecule has 0 aliphatic rings. The number of hydrogen-bond acceptors (Lipinski definition) is 4. The van der Waals surface area contributed by atoms with Gasteiger partial charge in [0.2, 0.25) is 5.91 Å². The first-order valence-electron chi connectivity index (χ1n) is 5.68. The third-order valence-electron chi connectivity index (χ3n) is 2.77. The second-order valence-electron chi connectivity index (χ2n) is 4.15. The molecule has 2 aromatic rings. The fourth-order valence-electron chi connectivity index (χ4n) is 1.66. The van der Waals surface area contributed by atoms with E-state index < -0.39 is 0 Å². The molecule has 0 aromatic carbocycles. The minimum atomic E-state index is -0.236. The van der Waals surface area contributed by atoms with Crippen molar-refractivity contribution in [1.29, 1.82) is 0 Å². The van der Waals surface area contributed by atoms with Crippen LogP contribution in [-0.2, 0) is 11.3 Å². The maximum absolute atomic E-state index is 11.9. The number of pyridine rings is 1. The van der Waals surface area contributed by atoms with E-state index in [0.29, 0.717) is 22.1 Å². The van der Waals surface area contributed by atoms with Crippen molar-refractivity contribution >= 4 is 28.9 Å². The van der Waals surface area contributed by atoms with Crippen LogP contribution in [0.2, 0.25) is 5.02 Å². The fourth-order valence-corrected chi connectivity index (χ4v) is 1.81. The lowest BCUT2D eigenvalue weighted by Crippen LogP contribution is -2.20. The Bertz CT molecular complexity index is 623. The summed E-state index contributed by atoms with van der Waals surface area (Å²) in [6.45, 7) is 3.70. The Hall–Kier alpha value is -2.08. The Labute approximate surface area is 115 Å². The topological polar surface area (TPSA) is 85.8 Å². The van der Waals surface area contributed by atoms with Gasteiger partial charge in [-0.05, 0) is 19.9 Å². The molecule has 0 saturated carbocycles. The van der Waals surface area contributed by atoms with Gasteiger partial charge in [0.1, 0.15) is 6.54 Å². The first-order chi connectivity index (χ1) is 8.99. The lowest BCUT2D eigenvalue weighted by Gasteiger charge is -2.07. The summed E-state index contributed by atoms with van der Waals surface area (Å²) < 4.78 is 1.56. The van der Waals surface area contributed by atoms with Crippen LogP contribution < -0.4 is 11.1 Å². The molecule has 1 amide bonds. The van der Waals surface area contributed by atoms with Gasteiger partial charge in [0.05, 0.1) is 34.0 Å². The molecule has 0 atom stereocenters. The highest BCUT2D eigenvalue weighted by Gasteiger charge is 2.12. The van der Waals surface area contributed by atoms with Crippen LogP contribution in [0.25, 0.3) is 0 Å². The second-order valence-corrected chi connectivity index (χ2v) is 4.55. The number of rotatable bonds is 3. The summed E-state index contributed by atoms with van der Waals surface area (Å²) in [6, 6.07) is 1.61. The predicted octanol–water partition coefficient (Wildman–Crippen LogP) is 1.77. The van der Waals surface area contributed by atoms with Crippen molar-refractivity contribution in [2.75, 3.05) is 11.1 Å². The smallest absolute Gasteiger partial charge is 0.246 e. The van der Waals surface area contributed by atoms with Gasteiger partial charge < -0.3 is 11.1 Å². The van der Waals surface area contributed by atoms with Crippen molar-refractivity contribution in [2.24, 2.45) is 0 Å². The molecule has 19 heavy (non-hydrogen) atoms. The van der Waals surface area contributed by atoms with Crippen molar-refractivity contribution in [2.45, 2.75) is 20.4 Å². The van der Waals surface area contributed by atoms with Crippen LogP contribution in [0.1, 0.15) is 11.4 Å². The number of nitrogens with two attached hydrogens (primary N) is 1. The average Bonchev–Trinajstić information content (AvgIpc) is 2.60. The van der Waals surface area contributed by atoms with Crippen LogP contribution in [0, 0.1) is 13.8 Å². The van der Waals surface area contributed by atoms with Crippen LogP contribution in [0.4, 0.5) is 11.4 Å². The van der Waals surface area contributed by atoms with Crippen molar-refractivity contribution in [3.8, 4) is 0 Å². The van der Waals surface area contributed by atoms with Gasteiger partial charge in [0.15, 0.2) is 0 Å². The lowest BCUT2D eigenvalue weighted by molar-refractivity contribution is -0.116. The number of hydrogen-bond donors (Lipinski definition) is 2. The minimum Gasteiger partial charge on any atom is -0.396 e. The highest BCUT2D eigenvalue weighted by molar-refractivity contribution is 6.33. The summed E-state index contributed by atoms with van der Waals surface area (Å²) in [5.41, 5.74) is 8.37. The summed E-state index contributed by atoms with van der Waals surface area (Å²) in [7, 11) is 0. The number of nitrogen functional groups attached to an aromatic ring is 1. The molecule has 0 aliphatic heterocycles. The molecule has 2 rings (SSSR count). The molecule has 2 heterocycles. The third kappa shape index (κ3) is 2.85. The molecule has 3 N–H and O–H groups in total. The number of aromatic nitrogens is 3. The zero-order chi connectivity index (χ0) is 14.0. The first kappa shape index (κ1) is 13.4. The molecule has 0 unspecified atom stereocenters. The number of anilines is 2. The van der Waals surface area contributed by atoms with Crippen LogP contribution in [0.3, 0.4) is 0 Å². The standard InChI is InChI=1S/C12H14ClN5O/c1-7-12(14)8(2)18(17-7)6-11(19)16-10-5-15-4-3-9(10)13/h3-5H,6,14H2,1-2H3,(H,16,19). The fraction of sp³-hybridized carbons (Fsp3) is 0.250. The SMILES string of the molecule is Cc1nn(CC(=O)Nc2cnccc2Cl)c(C)c1N. The lowest BCUT2D eigenvalue weighted by atomic mass is 10.3. The van der Waals surface area contributed by atoms with E-state index in [4.69, 9.17) is 17.3 Å². The Morgan fingerprint density at radius 1 is 1.53 bits per heavy atom. The zero-order valence-corrected chi connectivity index (χ0v) is 11.4. The number of nitrogens with one attached hydrogen (secondary N) is 1. The van der Waals surface area contributed by atoms with E-state index >= 15 is 0 Å². The molecule has 0 radical (unpaired) electrons. The second kappa shape index (κ2) is 5.27. The number of carbonyl (C=O) groups is 1. The van der Waals surface area contributed by atoms with Crippen LogP contribution in [0.15, 0.2) is 18.5 Å². The number of amides is 1. The van der Waals surface area contributed by atoms with Crippen molar-refractivity contribution < 1.29 is 4.79 Å². The van der Waals surface area contributed by atoms with Crippen molar-refractivity contribution in [3.05, 3.63) is 34.9 Å². The molecule has 0 aliphatic carbocycles. The molecular formula is C12H14ClN5O. The van der Waals surface area contributed by atoms with E-state index in [0.717, 1.165) is 5.69 Å². The molecular weight excluding hydrogens is 266 g/mol. The average molecular weight is 280 g/mol. The predicted molar refractivity (Wildman–Crippen MR) is 74.0 cm³/mol. The van der Waals surface area contributed by atoms with Gasteiger partial charge in [-0.3, -0.25) is 14.5 Å². The van der Waals surface area contributed by atoms with Gasteiger partial charge in [-0.15, -0.1) is 0 Å². The Balaban J connectivity index is 2.10. The van der Waals surface area contributed by atoms with Gasteiger partial charge in [-0.1, -0.05) is 11.6 Å². The number of aryl methyl sites for hydroxylation is 1. The summed E-state index contributed by atoms with van der Waals surface area (Å²) in [5, 5.41) is 7.32. The molecule has 0 bridgehead atoms. The third-order valence-corrected chi connectivity index (χ3v) is 3.10. The Kier molecular flexibility index (Phi) is 3.71. The monoisotopic (exact) mass is 279 g/mol.